The first-order valence-corrected chi connectivity index (χ1v) is 11.8. The molecule has 0 aromatic heterocycles. The van der Waals surface area contributed by atoms with Crippen molar-refractivity contribution < 1.29 is 0 Å². The lowest BCUT2D eigenvalue weighted by atomic mass is 10.1. The average molecular weight is 497 g/mol. The second-order valence-corrected chi connectivity index (χ2v) is 9.29. The van der Waals surface area contributed by atoms with E-state index in [-0.39, 0.29) is 17.0 Å². The van der Waals surface area contributed by atoms with E-state index < -0.39 is 7.92 Å². The third kappa shape index (κ3) is 6.50. The zero-order valence-corrected chi connectivity index (χ0v) is 20.4. The zero-order chi connectivity index (χ0) is 21.1. The van der Waals surface area contributed by atoms with Crippen molar-refractivity contribution in [2.24, 2.45) is 0 Å². The van der Waals surface area contributed by atoms with Gasteiger partial charge in [-0.05, 0) is 35.0 Å². The number of hydrogen-bond acceptors (Lipinski definition) is 0. The molecule has 5 aromatic carbocycles. The maximum Gasteiger partial charge on any atom is -0.0134 e. The van der Waals surface area contributed by atoms with Gasteiger partial charge in [-0.25, -0.2) is 0 Å². The van der Waals surface area contributed by atoms with E-state index in [4.69, 9.17) is 0 Å². The van der Waals surface area contributed by atoms with Gasteiger partial charge >= 0.3 is 0 Å². The molecule has 0 bridgehead atoms. The molecular weight excluding hydrogens is 471 g/mol. The summed E-state index contributed by atoms with van der Waals surface area (Å²) in [5.41, 5.74) is 2.55. The van der Waals surface area contributed by atoms with Crippen molar-refractivity contribution >= 4 is 40.8 Å². The van der Waals surface area contributed by atoms with Gasteiger partial charge in [0.05, 0.1) is 0 Å². The Morgan fingerprint density at radius 2 is 0.500 bits per heavy atom. The zero-order valence-electron chi connectivity index (χ0n) is 17.8. The van der Waals surface area contributed by atoms with Crippen LogP contribution in [0.5, 0.6) is 0 Å². The first-order chi connectivity index (χ1) is 15.4. The van der Waals surface area contributed by atoms with Crippen molar-refractivity contribution in [3.8, 4) is 11.1 Å². The fourth-order valence-corrected chi connectivity index (χ4v) is 5.74. The van der Waals surface area contributed by atoms with Gasteiger partial charge in [-0.15, -0.1) is 17.0 Å². The van der Waals surface area contributed by atoms with Gasteiger partial charge in [0, 0.05) is 0 Å². The van der Waals surface area contributed by atoms with Crippen molar-refractivity contribution in [3.05, 3.63) is 152 Å². The molecule has 0 saturated heterocycles. The lowest BCUT2D eigenvalue weighted by Crippen LogP contribution is -2.20. The monoisotopic (exact) mass is 496 g/mol. The van der Waals surface area contributed by atoms with Crippen molar-refractivity contribution in [3.63, 3.8) is 0 Å². The molecule has 2 heteroatoms. The van der Waals surface area contributed by atoms with E-state index in [0.717, 1.165) is 0 Å². The number of rotatable bonds is 4. The highest BCUT2D eigenvalue weighted by Gasteiger charge is 2.14. The minimum Gasteiger partial charge on any atom is -0.114 e. The lowest BCUT2D eigenvalue weighted by molar-refractivity contribution is 1.62. The van der Waals surface area contributed by atoms with E-state index in [0.29, 0.717) is 0 Å². The normalized spacial score (nSPS) is 9.91. The SMILES string of the molecule is Br.c1ccc(-c2ccccc2)cc1.c1ccc(P(c2ccccc2)c2ccccc2)cc1. The first-order valence-electron chi connectivity index (χ1n) is 10.5. The summed E-state index contributed by atoms with van der Waals surface area (Å²) in [6.07, 6.45) is 0. The third-order valence-corrected chi connectivity index (χ3v) is 7.37. The summed E-state index contributed by atoms with van der Waals surface area (Å²) in [5.74, 6) is 0. The molecule has 5 rings (SSSR count). The Hall–Kier alpha value is -2.99. The molecule has 0 fully saturated rings. The molecule has 0 aliphatic heterocycles. The Morgan fingerprint density at radius 1 is 0.281 bits per heavy atom. The van der Waals surface area contributed by atoms with Crippen LogP contribution in [0.1, 0.15) is 0 Å². The Kier molecular flexibility index (Phi) is 9.44. The number of halogens is 1. The standard InChI is InChI=1S/C18H15P.C12H10.BrH/c1-4-10-16(11-5-1)19(17-12-6-2-7-13-17)18-14-8-3-9-15-18;1-3-7-11(8-4-1)12-9-5-2-6-10-12;/h1-15H;1-10H;1H. The lowest BCUT2D eigenvalue weighted by Gasteiger charge is -2.18. The van der Waals surface area contributed by atoms with Crippen LogP contribution in [-0.4, -0.2) is 0 Å². The number of benzene rings is 5. The van der Waals surface area contributed by atoms with Crippen LogP contribution in [0.3, 0.4) is 0 Å². The van der Waals surface area contributed by atoms with Gasteiger partial charge < -0.3 is 0 Å². The fraction of sp³-hybridized carbons (Fsp3) is 0. The molecule has 158 valence electrons. The second-order valence-electron chi connectivity index (χ2n) is 7.07. The Morgan fingerprint density at radius 3 is 0.750 bits per heavy atom. The molecule has 0 amide bonds. The molecule has 0 radical (unpaired) electrons. The maximum atomic E-state index is 2.23. The van der Waals surface area contributed by atoms with Crippen LogP contribution in [0.15, 0.2) is 152 Å². The molecular formula is C30H26BrP. The summed E-state index contributed by atoms with van der Waals surface area (Å²) in [6, 6.07) is 53.1. The minimum absolute atomic E-state index is 0. The molecule has 0 aliphatic rings. The number of hydrogen-bond donors (Lipinski definition) is 0. The van der Waals surface area contributed by atoms with Crippen molar-refractivity contribution in [2.45, 2.75) is 0 Å². The topological polar surface area (TPSA) is 0 Å². The van der Waals surface area contributed by atoms with E-state index in [1.165, 1.54) is 27.0 Å². The highest BCUT2D eigenvalue weighted by Crippen LogP contribution is 2.32. The van der Waals surface area contributed by atoms with Crippen LogP contribution in [0.4, 0.5) is 0 Å². The first kappa shape index (κ1) is 23.7. The smallest absolute Gasteiger partial charge is 0.0134 e. The van der Waals surface area contributed by atoms with Crippen LogP contribution in [0.25, 0.3) is 11.1 Å². The summed E-state index contributed by atoms with van der Waals surface area (Å²) in [5, 5.41) is 4.19. The molecule has 5 aromatic rings. The molecule has 0 saturated carbocycles. The fourth-order valence-electron chi connectivity index (χ4n) is 3.44. The van der Waals surface area contributed by atoms with Crippen molar-refractivity contribution in [1.82, 2.24) is 0 Å². The van der Waals surface area contributed by atoms with Gasteiger partial charge in [-0.3, -0.25) is 0 Å². The molecule has 0 unspecified atom stereocenters. The second kappa shape index (κ2) is 12.8. The van der Waals surface area contributed by atoms with Crippen LogP contribution in [-0.2, 0) is 0 Å². The van der Waals surface area contributed by atoms with E-state index in [1.807, 2.05) is 12.1 Å². The highest BCUT2D eigenvalue weighted by molar-refractivity contribution is 8.93. The van der Waals surface area contributed by atoms with Gasteiger partial charge in [0.2, 0.25) is 0 Å². The quantitative estimate of drug-likeness (QED) is 0.227. The van der Waals surface area contributed by atoms with Gasteiger partial charge in [-0.2, -0.15) is 0 Å². The molecule has 0 atom stereocenters. The predicted octanol–water partition coefficient (Wildman–Crippen LogP) is 7.38. The Bertz CT molecular complexity index is 1010. The predicted molar refractivity (Wildman–Crippen MR) is 147 cm³/mol. The Balaban J connectivity index is 0.000000193. The van der Waals surface area contributed by atoms with E-state index in [9.17, 15) is 0 Å². The maximum absolute atomic E-state index is 2.23. The van der Waals surface area contributed by atoms with E-state index >= 15 is 0 Å². The largest absolute Gasteiger partial charge is 0.114 e. The highest BCUT2D eigenvalue weighted by atomic mass is 79.9. The van der Waals surface area contributed by atoms with Crippen LogP contribution in [0.2, 0.25) is 0 Å². The minimum atomic E-state index is -0.446. The average Bonchev–Trinajstić information content (AvgIpc) is 2.88. The van der Waals surface area contributed by atoms with Gasteiger partial charge in [0.25, 0.3) is 0 Å². The van der Waals surface area contributed by atoms with Gasteiger partial charge in [0.1, 0.15) is 0 Å². The van der Waals surface area contributed by atoms with Gasteiger partial charge in [0.15, 0.2) is 0 Å². The summed E-state index contributed by atoms with van der Waals surface area (Å²) in [6.45, 7) is 0. The summed E-state index contributed by atoms with van der Waals surface area (Å²) >= 11 is 0. The van der Waals surface area contributed by atoms with Crippen LogP contribution < -0.4 is 15.9 Å². The molecule has 32 heavy (non-hydrogen) atoms. The summed E-state index contributed by atoms with van der Waals surface area (Å²) < 4.78 is 0. The molecule has 0 N–H and O–H groups in total. The molecule has 0 heterocycles. The molecule has 0 spiro atoms. The van der Waals surface area contributed by atoms with E-state index in [1.54, 1.807) is 0 Å². The van der Waals surface area contributed by atoms with Crippen LogP contribution >= 0.6 is 24.9 Å². The third-order valence-electron chi connectivity index (χ3n) is 4.92. The molecule has 0 aliphatic carbocycles. The molecule has 0 nitrogen and oxygen atoms in total. The van der Waals surface area contributed by atoms with Crippen LogP contribution in [0, 0.1) is 0 Å². The van der Waals surface area contributed by atoms with Crippen molar-refractivity contribution in [2.75, 3.05) is 0 Å². The van der Waals surface area contributed by atoms with Gasteiger partial charge in [-0.1, -0.05) is 152 Å². The Labute approximate surface area is 203 Å². The van der Waals surface area contributed by atoms with Crippen molar-refractivity contribution in [1.29, 1.82) is 0 Å². The summed E-state index contributed by atoms with van der Waals surface area (Å²) in [4.78, 5) is 0. The summed E-state index contributed by atoms with van der Waals surface area (Å²) in [7, 11) is -0.446. The van der Waals surface area contributed by atoms with E-state index in [2.05, 4.69) is 140 Å².